The van der Waals surface area contributed by atoms with Gasteiger partial charge in [0.05, 0.1) is 19.3 Å². The Labute approximate surface area is 154 Å². The molecule has 140 valence electrons. The molecule has 1 aromatic carbocycles. The molecule has 6 nitrogen and oxygen atoms in total. The monoisotopic (exact) mass is 375 g/mol. The van der Waals surface area contributed by atoms with E-state index in [0.717, 1.165) is 17.8 Å². The summed E-state index contributed by atoms with van der Waals surface area (Å²) in [6, 6.07) is 12.0. The Hall–Kier alpha value is -2.09. The number of aromatic nitrogens is 1. The minimum atomic E-state index is -3.21. The number of nitrogens with one attached hydrogen (secondary N) is 1. The van der Waals surface area contributed by atoms with E-state index in [1.807, 2.05) is 25.2 Å². The van der Waals surface area contributed by atoms with Crippen LogP contribution in [0.25, 0.3) is 10.9 Å². The number of hydrogen-bond donors (Lipinski definition) is 1. The van der Waals surface area contributed by atoms with Crippen LogP contribution in [0.1, 0.15) is 22.8 Å². The van der Waals surface area contributed by atoms with Crippen LogP contribution in [0.4, 0.5) is 0 Å². The van der Waals surface area contributed by atoms with Gasteiger partial charge in [0, 0.05) is 30.2 Å². The predicted octanol–water partition coefficient (Wildman–Crippen LogP) is 3.09. The number of para-hydroxylation sites is 1. The molecular weight excluding hydrogens is 350 g/mol. The van der Waals surface area contributed by atoms with Crippen molar-refractivity contribution < 1.29 is 12.8 Å². The first-order valence-corrected chi connectivity index (χ1v) is 10.3. The fourth-order valence-electron chi connectivity index (χ4n) is 3.02. The Morgan fingerprint density at radius 3 is 2.31 bits per heavy atom. The van der Waals surface area contributed by atoms with Gasteiger partial charge in [-0.1, -0.05) is 18.2 Å². The maximum Gasteiger partial charge on any atom is 0.211 e. The summed E-state index contributed by atoms with van der Waals surface area (Å²) in [6.45, 7) is 3.80. The molecule has 0 spiro atoms. The molecule has 0 unspecified atom stereocenters. The smallest absolute Gasteiger partial charge is 0.211 e. The van der Waals surface area contributed by atoms with E-state index in [1.54, 1.807) is 7.05 Å². The number of hydrogen-bond acceptors (Lipinski definition) is 4. The number of furan rings is 1. The van der Waals surface area contributed by atoms with Crippen LogP contribution in [0.5, 0.6) is 0 Å². The van der Waals surface area contributed by atoms with Crippen molar-refractivity contribution in [1.82, 2.24) is 14.2 Å². The molecule has 0 amide bonds. The summed E-state index contributed by atoms with van der Waals surface area (Å²) in [6.07, 6.45) is 1.19. The number of H-pyrrole nitrogens is 1. The Morgan fingerprint density at radius 1 is 1.00 bits per heavy atom. The summed E-state index contributed by atoms with van der Waals surface area (Å²) < 4.78 is 30.1. The summed E-state index contributed by atoms with van der Waals surface area (Å²) in [5.41, 5.74) is 3.61. The number of aryl methyl sites for hydroxylation is 1. The first-order chi connectivity index (χ1) is 12.2. The van der Waals surface area contributed by atoms with Crippen LogP contribution >= 0.6 is 0 Å². The molecule has 3 aromatic rings. The highest BCUT2D eigenvalue weighted by Crippen LogP contribution is 2.22. The van der Waals surface area contributed by atoms with Crippen LogP contribution in [0.3, 0.4) is 0 Å². The molecule has 0 bridgehead atoms. The highest BCUT2D eigenvalue weighted by Gasteiger charge is 2.15. The molecule has 0 saturated carbocycles. The van der Waals surface area contributed by atoms with Gasteiger partial charge in [-0.15, -0.1) is 0 Å². The lowest BCUT2D eigenvalue weighted by Gasteiger charge is -2.15. The van der Waals surface area contributed by atoms with Crippen LogP contribution < -0.4 is 0 Å². The average molecular weight is 375 g/mol. The summed E-state index contributed by atoms with van der Waals surface area (Å²) in [5.74, 6) is 1.46. The largest absolute Gasteiger partial charge is 0.463 e. The van der Waals surface area contributed by atoms with Gasteiger partial charge in [0.1, 0.15) is 11.5 Å². The molecule has 26 heavy (non-hydrogen) atoms. The fraction of sp³-hybridized carbons (Fsp3) is 0.368. The Bertz CT molecular complexity index is 1000. The molecule has 2 heterocycles. The maximum atomic E-state index is 11.5. The molecule has 0 aliphatic heterocycles. The van der Waals surface area contributed by atoms with Gasteiger partial charge in [0.25, 0.3) is 0 Å². The summed E-state index contributed by atoms with van der Waals surface area (Å²) in [4.78, 5) is 5.65. The van der Waals surface area contributed by atoms with Gasteiger partial charge in [-0.2, -0.15) is 4.31 Å². The summed E-state index contributed by atoms with van der Waals surface area (Å²) in [5, 5.41) is 1.25. The zero-order valence-corrected chi connectivity index (χ0v) is 16.4. The Morgan fingerprint density at radius 2 is 1.65 bits per heavy atom. The van der Waals surface area contributed by atoms with E-state index in [2.05, 4.69) is 35.0 Å². The minimum absolute atomic E-state index is 0.240. The number of fused-ring (bicyclic) bond motifs is 1. The van der Waals surface area contributed by atoms with Crippen LogP contribution in [-0.4, -0.2) is 43.0 Å². The highest BCUT2D eigenvalue weighted by molar-refractivity contribution is 7.88. The fourth-order valence-corrected chi connectivity index (χ4v) is 3.38. The molecule has 7 heteroatoms. The van der Waals surface area contributed by atoms with Gasteiger partial charge < -0.3 is 9.40 Å². The zero-order valence-electron chi connectivity index (χ0n) is 15.6. The Kier molecular flexibility index (Phi) is 5.22. The quantitative estimate of drug-likeness (QED) is 0.689. The van der Waals surface area contributed by atoms with Crippen molar-refractivity contribution in [2.24, 2.45) is 0 Å². The highest BCUT2D eigenvalue weighted by atomic mass is 32.2. The van der Waals surface area contributed by atoms with Crippen molar-refractivity contribution in [2.45, 2.75) is 26.6 Å². The third kappa shape index (κ3) is 4.17. The van der Waals surface area contributed by atoms with Gasteiger partial charge in [-0.25, -0.2) is 8.42 Å². The number of nitrogens with zero attached hydrogens (tertiary/aromatic N) is 2. The van der Waals surface area contributed by atoms with Crippen molar-refractivity contribution in [3.05, 3.63) is 59.2 Å². The first kappa shape index (κ1) is 18.7. The zero-order chi connectivity index (χ0) is 18.9. The van der Waals surface area contributed by atoms with Crippen molar-refractivity contribution in [2.75, 3.05) is 20.4 Å². The second-order valence-electron chi connectivity index (χ2n) is 6.83. The number of sulfonamides is 1. The van der Waals surface area contributed by atoms with Crippen molar-refractivity contribution in [1.29, 1.82) is 0 Å². The molecule has 2 aromatic heterocycles. The van der Waals surface area contributed by atoms with Crippen LogP contribution in [0, 0.1) is 6.92 Å². The van der Waals surface area contributed by atoms with E-state index < -0.39 is 10.0 Å². The van der Waals surface area contributed by atoms with Crippen LogP contribution in [0.15, 0.2) is 40.8 Å². The van der Waals surface area contributed by atoms with E-state index in [9.17, 15) is 8.42 Å². The number of benzene rings is 1. The standard InChI is InChI=1S/C19H25N3O3S/c1-14-17-7-5-6-8-18(17)20-19(14)13-21(2)11-15-9-10-16(25-15)12-22(3)26(4,23)24/h5-10,20H,11-13H2,1-4H3. The first-order valence-electron chi connectivity index (χ1n) is 8.47. The normalized spacial score (nSPS) is 12.5. The van der Waals surface area contributed by atoms with Gasteiger partial charge in [0.15, 0.2) is 0 Å². The number of aromatic amines is 1. The van der Waals surface area contributed by atoms with Gasteiger partial charge in [0.2, 0.25) is 10.0 Å². The van der Waals surface area contributed by atoms with E-state index in [1.165, 1.54) is 27.2 Å². The average Bonchev–Trinajstić information content (AvgIpc) is 3.12. The molecule has 0 fully saturated rings. The van der Waals surface area contributed by atoms with Gasteiger partial charge >= 0.3 is 0 Å². The van der Waals surface area contributed by atoms with Crippen molar-refractivity contribution in [3.63, 3.8) is 0 Å². The third-order valence-corrected chi connectivity index (χ3v) is 5.85. The van der Waals surface area contributed by atoms with Crippen LogP contribution in [0.2, 0.25) is 0 Å². The molecule has 0 radical (unpaired) electrons. The van der Waals surface area contributed by atoms with E-state index in [-0.39, 0.29) is 6.54 Å². The van der Waals surface area contributed by atoms with E-state index in [4.69, 9.17) is 4.42 Å². The van der Waals surface area contributed by atoms with E-state index >= 15 is 0 Å². The van der Waals surface area contributed by atoms with Crippen molar-refractivity contribution >= 4 is 20.9 Å². The lowest BCUT2D eigenvalue weighted by molar-refractivity contribution is 0.277. The summed E-state index contributed by atoms with van der Waals surface area (Å²) in [7, 11) is 0.367. The molecule has 3 rings (SSSR count). The second kappa shape index (κ2) is 7.26. The molecular formula is C19H25N3O3S. The molecule has 0 aliphatic carbocycles. The maximum absolute atomic E-state index is 11.5. The number of rotatable bonds is 7. The minimum Gasteiger partial charge on any atom is -0.463 e. The van der Waals surface area contributed by atoms with Gasteiger partial charge in [-0.3, -0.25) is 4.90 Å². The lowest BCUT2D eigenvalue weighted by Crippen LogP contribution is -2.24. The molecule has 0 aliphatic rings. The summed E-state index contributed by atoms with van der Waals surface area (Å²) >= 11 is 0. The molecule has 0 saturated heterocycles. The lowest BCUT2D eigenvalue weighted by atomic mass is 10.1. The van der Waals surface area contributed by atoms with Crippen molar-refractivity contribution in [3.8, 4) is 0 Å². The second-order valence-corrected chi connectivity index (χ2v) is 8.92. The topological polar surface area (TPSA) is 69.6 Å². The molecule has 0 atom stereocenters. The SMILES string of the molecule is Cc1c(CN(C)Cc2ccc(CN(C)S(C)(=O)=O)o2)[nH]c2ccccc12. The predicted molar refractivity (Wildman–Crippen MR) is 103 cm³/mol. The Balaban J connectivity index is 1.65. The van der Waals surface area contributed by atoms with Gasteiger partial charge in [-0.05, 0) is 37.7 Å². The molecule has 1 N–H and O–H groups in total. The third-order valence-electron chi connectivity index (χ3n) is 4.59. The van der Waals surface area contributed by atoms with Crippen LogP contribution in [-0.2, 0) is 29.7 Å². The van der Waals surface area contributed by atoms with E-state index in [0.29, 0.717) is 12.3 Å².